The van der Waals surface area contributed by atoms with Crippen LogP contribution in [0.2, 0.25) is 5.02 Å². The number of rotatable bonds is 6. The van der Waals surface area contributed by atoms with Crippen LogP contribution in [0.4, 0.5) is 0 Å². The number of carbonyl (C=O) groups excluding carboxylic acids is 1. The second-order valence-corrected chi connectivity index (χ2v) is 5.96. The molecular formula is C11H13BrClNO2S. The fraction of sp³-hybridized carbons (Fsp3) is 0.364. The van der Waals surface area contributed by atoms with E-state index in [1.165, 1.54) is 6.92 Å². The first-order valence-electron chi connectivity index (χ1n) is 5.03. The maximum atomic E-state index is 11.9. The Morgan fingerprint density at radius 2 is 2.24 bits per heavy atom. The quantitative estimate of drug-likeness (QED) is 0.810. The first-order valence-corrected chi connectivity index (χ1v) is 7.68. The summed E-state index contributed by atoms with van der Waals surface area (Å²) in [5, 5.41) is 1.15. The molecule has 6 heteroatoms. The lowest BCUT2D eigenvalue weighted by Crippen LogP contribution is -2.19. The third-order valence-electron chi connectivity index (χ3n) is 1.98. The zero-order chi connectivity index (χ0) is 12.8. The summed E-state index contributed by atoms with van der Waals surface area (Å²) in [4.78, 5) is 11.5. The Bertz CT molecular complexity index is 439. The van der Waals surface area contributed by atoms with Gasteiger partial charge in [-0.25, -0.2) is 8.93 Å². The van der Waals surface area contributed by atoms with Crippen molar-refractivity contribution >= 4 is 44.3 Å². The van der Waals surface area contributed by atoms with Crippen molar-refractivity contribution in [3.05, 3.63) is 28.8 Å². The molecule has 1 unspecified atom stereocenters. The van der Waals surface area contributed by atoms with Gasteiger partial charge in [-0.05, 0) is 24.6 Å². The molecule has 1 aromatic rings. The smallest absolute Gasteiger partial charge is 0.134 e. The summed E-state index contributed by atoms with van der Waals surface area (Å²) < 4.78 is 14.7. The van der Waals surface area contributed by atoms with Crippen LogP contribution in [0.5, 0.6) is 0 Å². The molecule has 0 aromatic heterocycles. The number of alkyl halides is 1. The van der Waals surface area contributed by atoms with E-state index < -0.39 is 11.0 Å². The third-order valence-corrected chi connectivity index (χ3v) is 4.02. The van der Waals surface area contributed by atoms with Crippen LogP contribution in [-0.2, 0) is 22.2 Å². The van der Waals surface area contributed by atoms with Crippen molar-refractivity contribution in [2.24, 2.45) is 0 Å². The summed E-state index contributed by atoms with van der Waals surface area (Å²) in [5.74, 6) is 0.0671. The fourth-order valence-corrected chi connectivity index (χ4v) is 3.03. The monoisotopic (exact) mass is 337 g/mol. The molecule has 0 radical (unpaired) electrons. The van der Waals surface area contributed by atoms with E-state index in [1.807, 2.05) is 0 Å². The molecule has 0 fully saturated rings. The van der Waals surface area contributed by atoms with E-state index in [2.05, 4.69) is 20.7 Å². The van der Waals surface area contributed by atoms with Gasteiger partial charge in [0, 0.05) is 18.3 Å². The largest absolute Gasteiger partial charge is 0.300 e. The molecule has 94 valence electrons. The van der Waals surface area contributed by atoms with Crippen LogP contribution in [-0.4, -0.2) is 21.9 Å². The molecule has 1 atom stereocenters. The second kappa shape index (κ2) is 7.26. The lowest BCUT2D eigenvalue weighted by Gasteiger charge is -2.07. The van der Waals surface area contributed by atoms with Crippen molar-refractivity contribution < 1.29 is 9.00 Å². The maximum absolute atomic E-state index is 11.9. The molecule has 0 aliphatic heterocycles. The van der Waals surface area contributed by atoms with Crippen molar-refractivity contribution in [3.8, 4) is 0 Å². The van der Waals surface area contributed by atoms with Crippen LogP contribution >= 0.6 is 27.5 Å². The lowest BCUT2D eigenvalue weighted by atomic mass is 10.1. The van der Waals surface area contributed by atoms with Gasteiger partial charge in [0.15, 0.2) is 0 Å². The number of benzene rings is 1. The van der Waals surface area contributed by atoms with Gasteiger partial charge in [0.2, 0.25) is 0 Å². The fourth-order valence-electron chi connectivity index (χ4n) is 1.30. The van der Waals surface area contributed by atoms with Gasteiger partial charge in [-0.1, -0.05) is 33.6 Å². The standard InChI is InChI=1S/C11H13BrClNO2S/c1-8(15)6-9-2-3-10(13)11(7-9)17(16)14-5-4-12/h2-3,7,14H,4-6H2,1H3. The van der Waals surface area contributed by atoms with E-state index >= 15 is 0 Å². The normalized spacial score (nSPS) is 12.4. The van der Waals surface area contributed by atoms with E-state index in [0.29, 0.717) is 28.2 Å². The van der Waals surface area contributed by atoms with Gasteiger partial charge in [0.25, 0.3) is 0 Å². The molecule has 0 saturated carbocycles. The number of hydrogen-bond donors (Lipinski definition) is 1. The molecule has 0 aliphatic carbocycles. The molecular weight excluding hydrogens is 326 g/mol. The molecule has 17 heavy (non-hydrogen) atoms. The van der Waals surface area contributed by atoms with Crippen molar-refractivity contribution in [1.29, 1.82) is 0 Å². The molecule has 0 aliphatic rings. The van der Waals surface area contributed by atoms with Crippen molar-refractivity contribution in [1.82, 2.24) is 4.72 Å². The molecule has 0 saturated heterocycles. The average molecular weight is 339 g/mol. The first kappa shape index (κ1) is 14.8. The Morgan fingerprint density at radius 1 is 1.53 bits per heavy atom. The molecule has 0 spiro atoms. The molecule has 0 heterocycles. The van der Waals surface area contributed by atoms with Gasteiger partial charge in [-0.2, -0.15) is 0 Å². The SMILES string of the molecule is CC(=O)Cc1ccc(Cl)c(S(=O)NCCBr)c1. The maximum Gasteiger partial charge on any atom is 0.134 e. The zero-order valence-electron chi connectivity index (χ0n) is 9.33. The minimum absolute atomic E-state index is 0.0671. The predicted molar refractivity (Wildman–Crippen MR) is 74.0 cm³/mol. The van der Waals surface area contributed by atoms with Gasteiger partial charge >= 0.3 is 0 Å². The molecule has 0 bridgehead atoms. The summed E-state index contributed by atoms with van der Waals surface area (Å²) in [5.41, 5.74) is 0.825. The number of ketones is 1. The highest BCUT2D eigenvalue weighted by Crippen LogP contribution is 2.20. The third kappa shape index (κ3) is 4.87. The summed E-state index contributed by atoms with van der Waals surface area (Å²) in [6, 6.07) is 5.15. The highest BCUT2D eigenvalue weighted by Gasteiger charge is 2.10. The Balaban J connectivity index is 2.89. The number of carbonyl (C=O) groups is 1. The van der Waals surface area contributed by atoms with Crippen LogP contribution in [0, 0.1) is 0 Å². The average Bonchev–Trinajstić information content (AvgIpc) is 2.28. The summed E-state index contributed by atoms with van der Waals surface area (Å²) in [7, 11) is -1.34. The highest BCUT2D eigenvalue weighted by atomic mass is 79.9. The Morgan fingerprint density at radius 3 is 2.82 bits per heavy atom. The van der Waals surface area contributed by atoms with Crippen LogP contribution < -0.4 is 4.72 Å². The van der Waals surface area contributed by atoms with Gasteiger partial charge in [0.05, 0.1) is 9.92 Å². The van der Waals surface area contributed by atoms with E-state index in [1.54, 1.807) is 18.2 Å². The van der Waals surface area contributed by atoms with Gasteiger partial charge in [0.1, 0.15) is 16.8 Å². The molecule has 1 N–H and O–H groups in total. The Labute approximate surface area is 117 Å². The zero-order valence-corrected chi connectivity index (χ0v) is 12.5. The second-order valence-electron chi connectivity index (χ2n) is 3.50. The number of Topliss-reactive ketones (excluding diaryl/α,β-unsaturated/α-hetero) is 1. The summed E-state index contributed by atoms with van der Waals surface area (Å²) in [6.45, 7) is 2.11. The highest BCUT2D eigenvalue weighted by molar-refractivity contribution is 9.09. The van der Waals surface area contributed by atoms with Crippen LogP contribution in [0.3, 0.4) is 0 Å². The van der Waals surface area contributed by atoms with E-state index in [-0.39, 0.29) is 5.78 Å². The van der Waals surface area contributed by atoms with Crippen LogP contribution in [0.1, 0.15) is 12.5 Å². The Hall–Kier alpha value is -0.230. The van der Waals surface area contributed by atoms with Crippen molar-refractivity contribution in [2.75, 3.05) is 11.9 Å². The number of hydrogen-bond acceptors (Lipinski definition) is 2. The number of halogens is 2. The summed E-state index contributed by atoms with van der Waals surface area (Å²) >= 11 is 9.22. The van der Waals surface area contributed by atoms with Gasteiger partial charge < -0.3 is 0 Å². The summed E-state index contributed by atoms with van der Waals surface area (Å²) in [6.07, 6.45) is 0.333. The molecule has 3 nitrogen and oxygen atoms in total. The van der Waals surface area contributed by atoms with Crippen LogP contribution in [0.25, 0.3) is 0 Å². The van der Waals surface area contributed by atoms with E-state index in [9.17, 15) is 9.00 Å². The van der Waals surface area contributed by atoms with E-state index in [4.69, 9.17) is 11.6 Å². The van der Waals surface area contributed by atoms with Crippen molar-refractivity contribution in [3.63, 3.8) is 0 Å². The molecule has 1 aromatic carbocycles. The van der Waals surface area contributed by atoms with Gasteiger partial charge in [-0.15, -0.1) is 0 Å². The first-order chi connectivity index (χ1) is 8.04. The van der Waals surface area contributed by atoms with Gasteiger partial charge in [-0.3, -0.25) is 4.79 Å². The minimum Gasteiger partial charge on any atom is -0.300 e. The molecule has 1 rings (SSSR count). The lowest BCUT2D eigenvalue weighted by molar-refractivity contribution is -0.116. The topological polar surface area (TPSA) is 46.2 Å². The predicted octanol–water partition coefficient (Wildman–Crippen LogP) is 2.48. The van der Waals surface area contributed by atoms with Crippen molar-refractivity contribution in [2.45, 2.75) is 18.2 Å². The number of nitrogens with one attached hydrogen (secondary N) is 1. The minimum atomic E-state index is -1.34. The Kier molecular flexibility index (Phi) is 6.33. The molecule has 0 amide bonds. The van der Waals surface area contributed by atoms with E-state index in [0.717, 1.165) is 5.56 Å². The van der Waals surface area contributed by atoms with Crippen LogP contribution in [0.15, 0.2) is 23.1 Å².